The van der Waals surface area contributed by atoms with Crippen LogP contribution in [0.3, 0.4) is 0 Å². The van der Waals surface area contributed by atoms with Crippen LogP contribution in [0.25, 0.3) is 22.3 Å². The van der Waals surface area contributed by atoms with Crippen molar-refractivity contribution in [3.63, 3.8) is 0 Å². The molecule has 2 saturated heterocycles. The number of aliphatic carboxylic acids is 1. The highest BCUT2D eigenvalue weighted by Crippen LogP contribution is 2.62. The summed E-state index contributed by atoms with van der Waals surface area (Å²) in [6, 6.07) is 6.31. The molecule has 4 bridgehead atoms. The van der Waals surface area contributed by atoms with E-state index in [9.17, 15) is 65.8 Å². The monoisotopic (exact) mass is 1020 g/mol. The van der Waals surface area contributed by atoms with Gasteiger partial charge in [0.2, 0.25) is 11.9 Å². The predicted octanol–water partition coefficient (Wildman–Crippen LogP) is -0.531. The van der Waals surface area contributed by atoms with Crippen molar-refractivity contribution in [2.45, 2.75) is 116 Å². The number of carboxylic acid groups (broad SMARTS) is 1. The van der Waals surface area contributed by atoms with Crippen LogP contribution < -0.4 is 21.2 Å². The van der Waals surface area contributed by atoms with Crippen LogP contribution >= 0.6 is 0 Å². The number of ether oxygens (including phenoxy) is 4. The van der Waals surface area contributed by atoms with Crippen LogP contribution in [0.15, 0.2) is 81.3 Å². The zero-order valence-corrected chi connectivity index (χ0v) is 38.8. The summed E-state index contributed by atoms with van der Waals surface area (Å²) in [4.78, 5) is 46.1. The fraction of sp³-hybridized carbons (Fsp3) is 0.404. The number of aromatic nitrogens is 1. The van der Waals surface area contributed by atoms with E-state index in [2.05, 4.69) is 34.0 Å². The number of phenolic OH excluding ortho intramolecular Hbond substituents is 3. The molecule has 0 amide bonds. The number of phenols is 3. The van der Waals surface area contributed by atoms with Gasteiger partial charge in [0.05, 0.1) is 18.0 Å². The summed E-state index contributed by atoms with van der Waals surface area (Å²) in [7, 11) is 0. The molecule has 2 aliphatic carbocycles. The van der Waals surface area contributed by atoms with Crippen molar-refractivity contribution in [1.29, 1.82) is 0 Å². The lowest BCUT2D eigenvalue weighted by Crippen LogP contribution is -2.83. The number of carbonyl (C=O) groups is 2. The molecule has 22 heteroatoms. The third kappa shape index (κ3) is 6.81. The highest BCUT2D eigenvalue weighted by atomic mass is 16.8. The van der Waals surface area contributed by atoms with Gasteiger partial charge in [-0.05, 0) is 49.1 Å². The molecule has 1 saturated carbocycles. The number of carboxylic acids is 1. The Morgan fingerprint density at radius 1 is 0.946 bits per heavy atom. The quantitative estimate of drug-likeness (QED) is 0.0517. The number of aromatic amines is 1. The molecule has 12 atom stereocenters. The molecule has 386 valence electrons. The lowest BCUT2D eigenvalue weighted by atomic mass is 9.56. The van der Waals surface area contributed by atoms with Crippen LogP contribution in [-0.2, 0) is 36.6 Å². The van der Waals surface area contributed by atoms with E-state index in [1.54, 1.807) is 24.4 Å². The number of aromatic hydroxyl groups is 3. The van der Waals surface area contributed by atoms with Crippen molar-refractivity contribution >= 4 is 22.9 Å². The maximum atomic E-state index is 15.6. The molecule has 8 heterocycles. The maximum absolute atomic E-state index is 15.6. The summed E-state index contributed by atoms with van der Waals surface area (Å²) in [5.74, 6) is 0.775. The molecule has 3 fully saturated rings. The molecule has 6 aliphatic heterocycles. The molecule has 3 spiro atoms. The topological polar surface area (TPSA) is 378 Å². The van der Waals surface area contributed by atoms with Crippen molar-refractivity contribution in [2.24, 2.45) is 11.1 Å². The van der Waals surface area contributed by atoms with Crippen LogP contribution in [0.2, 0.25) is 0 Å². The van der Waals surface area contributed by atoms with Crippen molar-refractivity contribution in [3.8, 4) is 58.0 Å². The van der Waals surface area contributed by atoms with Gasteiger partial charge in [-0.2, -0.15) is 0 Å². The number of nitrogens with one attached hydrogen (secondary N) is 2. The summed E-state index contributed by atoms with van der Waals surface area (Å²) in [5, 5.41) is 130. The Morgan fingerprint density at radius 3 is 2.43 bits per heavy atom. The SMILES string of the molecule is NC1C=CC(C2C=C3Cc4[nH]ccc4C#CC4(CCCC4)C4(O)C(O)C(O)C3(Oc3cc5oc(-c6cc(O)c(O)c(CCO)c6)cc(=O)c5c(O)c32)OC42CC#CC3(C(=O)O)OC(OC2=O)C(O)C(O)C3O)=CN1. The Hall–Kier alpha value is -7.19. The van der Waals surface area contributed by atoms with Crippen molar-refractivity contribution in [3.05, 3.63) is 105 Å². The predicted molar refractivity (Wildman–Crippen MR) is 251 cm³/mol. The molecule has 2 aromatic heterocycles. The van der Waals surface area contributed by atoms with E-state index in [4.69, 9.17) is 29.1 Å². The Morgan fingerprint density at radius 2 is 1.72 bits per heavy atom. The molecule has 2 aromatic carbocycles. The zero-order valence-electron chi connectivity index (χ0n) is 38.8. The lowest BCUT2D eigenvalue weighted by Gasteiger charge is -2.62. The largest absolute Gasteiger partial charge is 0.507 e. The number of allylic oxidation sites excluding steroid dienone is 3. The van der Waals surface area contributed by atoms with Gasteiger partial charge in [-0.3, -0.25) is 4.79 Å². The number of H-pyrrole nitrogens is 1. The van der Waals surface area contributed by atoms with Gasteiger partial charge in [-0.1, -0.05) is 48.7 Å². The molecule has 0 radical (unpaired) electrons. The lowest BCUT2D eigenvalue weighted by molar-refractivity contribution is -0.394. The van der Waals surface area contributed by atoms with E-state index in [0.29, 0.717) is 29.7 Å². The summed E-state index contributed by atoms with van der Waals surface area (Å²) in [6.07, 6.45) is -8.39. The van der Waals surface area contributed by atoms with Gasteiger partial charge in [-0.25, -0.2) is 9.59 Å². The third-order valence-corrected chi connectivity index (χ3v) is 15.5. The molecule has 15 N–H and O–H groups in total. The van der Waals surface area contributed by atoms with E-state index >= 15 is 4.79 Å². The number of hydrogen-bond donors (Lipinski definition) is 14. The Kier molecular flexibility index (Phi) is 11.4. The van der Waals surface area contributed by atoms with Crippen LogP contribution in [0.5, 0.6) is 23.0 Å². The van der Waals surface area contributed by atoms with E-state index in [1.807, 2.05) is 0 Å². The number of hydrogen-bond acceptors (Lipinski definition) is 20. The van der Waals surface area contributed by atoms with Gasteiger partial charge < -0.3 is 95.6 Å². The number of aliphatic hydroxyl groups is 7. The van der Waals surface area contributed by atoms with Crippen LogP contribution in [0.1, 0.15) is 60.4 Å². The number of nitrogens with two attached hydrogens (primary N) is 1. The Bertz CT molecular complexity index is 3350. The van der Waals surface area contributed by atoms with E-state index < -0.39 is 130 Å². The number of dihydropyridines is 1. The van der Waals surface area contributed by atoms with Gasteiger partial charge >= 0.3 is 11.9 Å². The maximum Gasteiger partial charge on any atom is 0.351 e. The summed E-state index contributed by atoms with van der Waals surface area (Å²) in [5.41, 5.74) is -5.28. The second-order valence-corrected chi connectivity index (χ2v) is 19.6. The van der Waals surface area contributed by atoms with Crippen LogP contribution in [0.4, 0.5) is 0 Å². The van der Waals surface area contributed by atoms with Crippen molar-refractivity contribution in [1.82, 2.24) is 10.3 Å². The minimum absolute atomic E-state index is 0.0382. The fourth-order valence-electron chi connectivity index (χ4n) is 11.7. The first-order valence-electron chi connectivity index (χ1n) is 23.7. The smallest absolute Gasteiger partial charge is 0.351 e. The molecular weight excluding hydrogens is 971 g/mol. The normalized spacial score (nSPS) is 34.5. The van der Waals surface area contributed by atoms with Gasteiger partial charge in [0.15, 0.2) is 28.6 Å². The minimum Gasteiger partial charge on any atom is -0.507 e. The highest BCUT2D eigenvalue weighted by Gasteiger charge is 2.80. The average molecular weight is 1020 g/mol. The van der Waals surface area contributed by atoms with Gasteiger partial charge in [-0.15, -0.1) is 0 Å². The first kappa shape index (κ1) is 49.0. The van der Waals surface area contributed by atoms with Crippen LogP contribution in [0, 0.1) is 29.1 Å². The second-order valence-electron chi connectivity index (χ2n) is 19.6. The molecule has 74 heavy (non-hydrogen) atoms. The standard InChI is InChI=1S/C52H49N3O19/c53-35-5-4-25(22-55-35)28-18-27-19-29-23(7-14-54-29)6-13-48(9-1-2-10-48)52(69)44(65)43(64)51(27,74-50(52)12-3-11-49(46(66)67)42(63)40(61)41(62)45(73-49)71-47(50)68)72-34-21-33-37(39(60)36(28)34)30(57)20-32(70-33)26-16-24(8-15-56)38(59)31(58)17-26/h4-5,7,14,16-18,20-22,28,35,40-45,54-56,58-65,69H,1-2,8-10,12,15,19,53H2,(H,66,67). The highest BCUT2D eigenvalue weighted by molar-refractivity contribution is 5.90. The molecule has 22 nitrogen and oxygen atoms in total. The fourth-order valence-corrected chi connectivity index (χ4v) is 11.7. The number of benzene rings is 2. The number of rotatable bonds is 5. The van der Waals surface area contributed by atoms with Crippen molar-refractivity contribution < 1.29 is 89.1 Å². The van der Waals surface area contributed by atoms with Gasteiger partial charge in [0.1, 0.15) is 52.6 Å². The molecule has 4 aromatic rings. The van der Waals surface area contributed by atoms with Gasteiger partial charge in [0.25, 0.3) is 11.4 Å². The molecular formula is C52H49N3O19. The average Bonchev–Trinajstić information content (AvgIpc) is 4.03. The molecule has 12 rings (SSSR count). The minimum atomic E-state index is -3.17. The summed E-state index contributed by atoms with van der Waals surface area (Å²) in [6.45, 7) is -0.419. The Balaban J connectivity index is 1.21. The van der Waals surface area contributed by atoms with Crippen LogP contribution in [-0.4, -0.2) is 145 Å². The molecule has 12 unspecified atom stereocenters. The number of fused-ring (bicyclic) bond motifs is 5. The Labute approximate surface area is 418 Å². The number of esters is 1. The first-order valence-corrected chi connectivity index (χ1v) is 23.7. The van der Waals surface area contributed by atoms with E-state index in [-0.39, 0.29) is 64.7 Å². The van der Waals surface area contributed by atoms with E-state index in [1.165, 1.54) is 24.4 Å². The second kappa shape index (κ2) is 17.2. The first-order chi connectivity index (χ1) is 35.2. The summed E-state index contributed by atoms with van der Waals surface area (Å²) < 4.78 is 31.6. The number of carbonyl (C=O) groups excluding carboxylic acids is 1. The third-order valence-electron chi connectivity index (χ3n) is 15.5. The van der Waals surface area contributed by atoms with Gasteiger partial charge in [0, 0.05) is 77.0 Å². The van der Waals surface area contributed by atoms with Crippen molar-refractivity contribution in [2.75, 3.05) is 6.61 Å². The zero-order chi connectivity index (χ0) is 52.4. The summed E-state index contributed by atoms with van der Waals surface area (Å²) >= 11 is 0. The van der Waals surface area contributed by atoms with E-state index in [0.717, 1.165) is 12.1 Å². The number of aliphatic hydroxyl groups excluding tert-OH is 6. The molecule has 8 aliphatic rings.